The van der Waals surface area contributed by atoms with Crippen LogP contribution in [-0.2, 0) is 35.2 Å². The minimum Gasteiger partial charge on any atom is -0.480 e. The van der Waals surface area contributed by atoms with Crippen LogP contribution in [0.25, 0.3) is 0 Å². The van der Waals surface area contributed by atoms with Gasteiger partial charge in [-0.25, -0.2) is 4.79 Å². The summed E-state index contributed by atoms with van der Waals surface area (Å²) < 4.78 is 0. The first-order chi connectivity index (χ1) is 17.3. The molecule has 0 radical (unpaired) electrons. The molecule has 0 aliphatic rings. The maximum Gasteiger partial charge on any atom is 0.326 e. The van der Waals surface area contributed by atoms with Crippen molar-refractivity contribution in [3.8, 4) is 0 Å². The van der Waals surface area contributed by atoms with Crippen molar-refractivity contribution in [2.75, 3.05) is 0 Å². The van der Waals surface area contributed by atoms with Crippen molar-refractivity contribution < 1.29 is 33.9 Å². The summed E-state index contributed by atoms with van der Waals surface area (Å²) in [6.07, 6.45) is -0.737. The molecule has 5 amide bonds. The maximum absolute atomic E-state index is 13.0. The Balaban J connectivity index is 3.03. The molecule has 0 aliphatic carbocycles. The van der Waals surface area contributed by atoms with Crippen LogP contribution in [0.15, 0.2) is 30.3 Å². The van der Waals surface area contributed by atoms with Crippen LogP contribution < -0.4 is 33.2 Å². The number of nitrogens with two attached hydrogens (primary N) is 3. The third-order valence-electron chi connectivity index (χ3n) is 5.31. The van der Waals surface area contributed by atoms with E-state index in [0.29, 0.717) is 5.56 Å². The Morgan fingerprint density at radius 1 is 0.811 bits per heavy atom. The van der Waals surface area contributed by atoms with Crippen molar-refractivity contribution in [1.82, 2.24) is 16.0 Å². The van der Waals surface area contributed by atoms with E-state index in [-0.39, 0.29) is 31.6 Å². The number of carboxylic acids is 1. The lowest BCUT2D eigenvalue weighted by molar-refractivity contribution is -0.142. The fourth-order valence-corrected chi connectivity index (χ4v) is 3.44. The first kappa shape index (κ1) is 31.0. The molecule has 0 aliphatic heterocycles. The average molecular weight is 521 g/mol. The van der Waals surface area contributed by atoms with E-state index in [0.717, 1.165) is 0 Å². The fourth-order valence-electron chi connectivity index (χ4n) is 3.44. The Morgan fingerprint density at radius 2 is 1.35 bits per heavy atom. The molecule has 0 fully saturated rings. The average Bonchev–Trinajstić information content (AvgIpc) is 2.80. The Hall–Kier alpha value is -4.00. The van der Waals surface area contributed by atoms with Crippen molar-refractivity contribution in [2.24, 2.45) is 23.1 Å². The molecule has 1 aromatic rings. The van der Waals surface area contributed by atoms with Crippen LogP contribution in [0.1, 0.15) is 45.1 Å². The van der Waals surface area contributed by atoms with Gasteiger partial charge in [-0.15, -0.1) is 0 Å². The summed E-state index contributed by atoms with van der Waals surface area (Å²) in [6, 6.07) is 3.69. The normalized spacial score (nSPS) is 14.1. The lowest BCUT2D eigenvalue weighted by Gasteiger charge is -2.26. The molecular formula is C24H36N6O7. The zero-order valence-corrected chi connectivity index (χ0v) is 20.9. The summed E-state index contributed by atoms with van der Waals surface area (Å²) in [5, 5.41) is 16.9. The number of rotatable bonds is 16. The number of nitrogens with one attached hydrogen (secondary N) is 3. The Labute approximate surface area is 214 Å². The predicted octanol–water partition coefficient (Wildman–Crippen LogP) is -1.72. The molecule has 0 heterocycles. The molecule has 37 heavy (non-hydrogen) atoms. The second kappa shape index (κ2) is 15.2. The lowest BCUT2D eigenvalue weighted by Crippen LogP contribution is -2.57. The molecular weight excluding hydrogens is 484 g/mol. The molecule has 1 aromatic carbocycles. The van der Waals surface area contributed by atoms with Gasteiger partial charge in [0.15, 0.2) is 0 Å². The Kier molecular flexibility index (Phi) is 12.7. The Bertz CT molecular complexity index is 970. The number of hydrogen-bond acceptors (Lipinski definition) is 7. The zero-order valence-electron chi connectivity index (χ0n) is 20.9. The van der Waals surface area contributed by atoms with Crippen molar-refractivity contribution in [3.63, 3.8) is 0 Å². The number of benzene rings is 1. The second-order valence-corrected chi connectivity index (χ2v) is 9.12. The molecule has 204 valence electrons. The number of aliphatic carboxylic acids is 1. The van der Waals surface area contributed by atoms with Gasteiger partial charge in [0.25, 0.3) is 0 Å². The molecule has 0 bridgehead atoms. The smallest absolute Gasteiger partial charge is 0.326 e. The summed E-state index contributed by atoms with van der Waals surface area (Å²) in [6.45, 7) is 3.61. The van der Waals surface area contributed by atoms with Gasteiger partial charge in [-0.1, -0.05) is 44.2 Å². The second-order valence-electron chi connectivity index (χ2n) is 9.12. The first-order valence-electron chi connectivity index (χ1n) is 11.8. The van der Waals surface area contributed by atoms with Crippen molar-refractivity contribution in [3.05, 3.63) is 35.9 Å². The molecule has 10 N–H and O–H groups in total. The molecule has 4 unspecified atom stereocenters. The molecule has 0 saturated heterocycles. The number of carbonyl (C=O) groups is 6. The van der Waals surface area contributed by atoms with Crippen molar-refractivity contribution in [1.29, 1.82) is 0 Å². The third-order valence-corrected chi connectivity index (χ3v) is 5.31. The molecule has 0 aromatic heterocycles. The molecule has 13 heteroatoms. The first-order valence-corrected chi connectivity index (χ1v) is 11.8. The van der Waals surface area contributed by atoms with Gasteiger partial charge in [-0.05, 0) is 24.3 Å². The molecule has 1 rings (SSSR count). The van der Waals surface area contributed by atoms with Crippen molar-refractivity contribution in [2.45, 2.75) is 70.1 Å². The zero-order chi connectivity index (χ0) is 28.1. The quantitative estimate of drug-likeness (QED) is 0.132. The van der Waals surface area contributed by atoms with Crippen molar-refractivity contribution >= 4 is 35.5 Å². The minimum atomic E-state index is -1.33. The highest BCUT2D eigenvalue weighted by molar-refractivity contribution is 5.95. The van der Waals surface area contributed by atoms with E-state index in [1.807, 2.05) is 0 Å². The summed E-state index contributed by atoms with van der Waals surface area (Å²) in [5.41, 5.74) is 16.5. The van der Waals surface area contributed by atoms with Crippen LogP contribution in [0.5, 0.6) is 0 Å². The van der Waals surface area contributed by atoms with Gasteiger partial charge in [0.2, 0.25) is 29.5 Å². The molecule has 13 nitrogen and oxygen atoms in total. The predicted molar refractivity (Wildman–Crippen MR) is 133 cm³/mol. The van der Waals surface area contributed by atoms with E-state index < -0.39 is 66.1 Å². The highest BCUT2D eigenvalue weighted by Crippen LogP contribution is 2.09. The number of carbonyl (C=O) groups excluding carboxylic acids is 5. The van der Waals surface area contributed by atoms with Crippen LogP contribution >= 0.6 is 0 Å². The van der Waals surface area contributed by atoms with Crippen LogP contribution in [0.2, 0.25) is 0 Å². The highest BCUT2D eigenvalue weighted by Gasteiger charge is 2.31. The van der Waals surface area contributed by atoms with Crippen LogP contribution in [0.3, 0.4) is 0 Å². The molecule has 0 saturated carbocycles. The van der Waals surface area contributed by atoms with E-state index in [1.165, 1.54) is 0 Å². The van der Waals surface area contributed by atoms with E-state index in [1.54, 1.807) is 44.2 Å². The number of amides is 5. The highest BCUT2D eigenvalue weighted by atomic mass is 16.4. The van der Waals surface area contributed by atoms with E-state index in [2.05, 4.69) is 16.0 Å². The number of primary amides is 2. The van der Waals surface area contributed by atoms with E-state index in [9.17, 15) is 33.9 Å². The molecule has 4 atom stereocenters. The topological polar surface area (TPSA) is 237 Å². The van der Waals surface area contributed by atoms with Crippen LogP contribution in [-0.4, -0.2) is 64.8 Å². The summed E-state index contributed by atoms with van der Waals surface area (Å²) in [5.74, 6) is -5.26. The van der Waals surface area contributed by atoms with Gasteiger partial charge in [0.05, 0.1) is 12.5 Å². The van der Waals surface area contributed by atoms with Gasteiger partial charge < -0.3 is 38.3 Å². The standard InChI is InChI=1S/C24H36N6O7/c1-13(2)10-17(23(35)30-18(24(36)37)11-14-6-4-3-5-7-14)29-22(34)16(8-9-19(26)31)28-21(33)15(25)12-20(27)32/h3-7,13,15-18H,8-12,25H2,1-2H3,(H2,26,31)(H2,27,32)(H,28,33)(H,29,34)(H,30,35)(H,36,37). The Morgan fingerprint density at radius 3 is 1.86 bits per heavy atom. The fraction of sp³-hybridized carbons (Fsp3) is 0.500. The van der Waals surface area contributed by atoms with Gasteiger partial charge in [0.1, 0.15) is 18.1 Å². The van der Waals surface area contributed by atoms with Gasteiger partial charge in [-0.3, -0.25) is 24.0 Å². The van der Waals surface area contributed by atoms with E-state index >= 15 is 0 Å². The third kappa shape index (κ3) is 12.0. The van der Waals surface area contributed by atoms with Crippen LogP contribution in [0, 0.1) is 5.92 Å². The maximum atomic E-state index is 13.0. The summed E-state index contributed by atoms with van der Waals surface area (Å²) in [7, 11) is 0. The molecule has 0 spiro atoms. The monoisotopic (exact) mass is 520 g/mol. The lowest BCUT2D eigenvalue weighted by atomic mass is 10.0. The van der Waals surface area contributed by atoms with E-state index in [4.69, 9.17) is 17.2 Å². The van der Waals surface area contributed by atoms with Gasteiger partial charge >= 0.3 is 5.97 Å². The SMILES string of the molecule is CC(C)CC(NC(=O)C(CCC(N)=O)NC(=O)C(N)CC(N)=O)C(=O)NC(Cc1ccccc1)C(=O)O. The van der Waals surface area contributed by atoms with Crippen LogP contribution in [0.4, 0.5) is 0 Å². The summed E-state index contributed by atoms with van der Waals surface area (Å²) >= 11 is 0. The number of hydrogen-bond donors (Lipinski definition) is 7. The van der Waals surface area contributed by atoms with Gasteiger partial charge in [-0.2, -0.15) is 0 Å². The van der Waals surface area contributed by atoms with Gasteiger partial charge in [0, 0.05) is 12.8 Å². The largest absolute Gasteiger partial charge is 0.480 e. The summed E-state index contributed by atoms with van der Waals surface area (Å²) in [4.78, 5) is 72.5. The number of carboxylic acid groups (broad SMARTS) is 1. The minimum absolute atomic E-state index is 0.0271.